The molecule has 186 valence electrons. The highest BCUT2D eigenvalue weighted by Gasteiger charge is 2.33. The molecule has 5 rings (SSSR count). The van der Waals surface area contributed by atoms with Crippen LogP contribution in [-0.4, -0.2) is 51.0 Å². The lowest BCUT2D eigenvalue weighted by molar-refractivity contribution is -0.142. The fraction of sp³-hybridized carbons (Fsp3) is 0.308. The third-order valence-corrected chi connectivity index (χ3v) is 7.12. The maximum atomic E-state index is 13.8. The lowest BCUT2D eigenvalue weighted by atomic mass is 10.1. The van der Waals surface area contributed by atoms with Crippen LogP contribution in [0.1, 0.15) is 29.3 Å². The molecule has 10 heteroatoms. The molecule has 0 bridgehead atoms. The Hall–Kier alpha value is -3.63. The van der Waals surface area contributed by atoms with Gasteiger partial charge in [0.1, 0.15) is 23.9 Å². The van der Waals surface area contributed by atoms with E-state index in [1.165, 1.54) is 33.1 Å². The van der Waals surface area contributed by atoms with Gasteiger partial charge in [-0.3, -0.25) is 9.59 Å². The van der Waals surface area contributed by atoms with Crippen molar-refractivity contribution < 1.29 is 18.7 Å². The highest BCUT2D eigenvalue weighted by Crippen LogP contribution is 2.28. The largest absolute Gasteiger partial charge is 0.376 e. The zero-order valence-corrected chi connectivity index (χ0v) is 20.4. The lowest BCUT2D eigenvalue weighted by Crippen LogP contribution is -2.45. The van der Waals surface area contributed by atoms with Crippen LogP contribution in [-0.2, 0) is 27.4 Å². The molecule has 2 aromatic carbocycles. The van der Waals surface area contributed by atoms with Crippen molar-refractivity contribution >= 4 is 34.2 Å². The fourth-order valence-corrected chi connectivity index (χ4v) is 5.19. The molecule has 8 nitrogen and oxygen atoms in total. The van der Waals surface area contributed by atoms with E-state index in [0.29, 0.717) is 24.2 Å². The van der Waals surface area contributed by atoms with Gasteiger partial charge in [-0.1, -0.05) is 35.5 Å². The van der Waals surface area contributed by atoms with E-state index in [4.69, 9.17) is 4.74 Å². The van der Waals surface area contributed by atoms with Gasteiger partial charge in [0.2, 0.25) is 11.8 Å². The molecule has 2 unspecified atom stereocenters. The third kappa shape index (κ3) is 5.44. The van der Waals surface area contributed by atoms with Crippen molar-refractivity contribution in [1.82, 2.24) is 25.2 Å². The number of carbonyl (C=O) groups excluding carboxylic acids is 2. The van der Waals surface area contributed by atoms with E-state index in [9.17, 15) is 14.0 Å². The number of para-hydroxylation sites is 1. The summed E-state index contributed by atoms with van der Waals surface area (Å²) in [5, 5.41) is 13.1. The van der Waals surface area contributed by atoms with Crippen LogP contribution in [0.25, 0.3) is 11.0 Å². The molecular weight excluding hydrogens is 481 g/mol. The number of carbonyl (C=O) groups is 2. The SMILES string of the molecule is O=C(NCC1CCCO1)C(c1cccs1)N(Cc1ccc(F)cc1)C(=O)Cn1nnc2ccccc21. The quantitative estimate of drug-likeness (QED) is 0.373. The van der Waals surface area contributed by atoms with E-state index < -0.39 is 6.04 Å². The van der Waals surface area contributed by atoms with Gasteiger partial charge in [-0.15, -0.1) is 16.4 Å². The summed E-state index contributed by atoms with van der Waals surface area (Å²) in [6.07, 6.45) is 1.83. The predicted octanol–water partition coefficient (Wildman–Crippen LogP) is 3.70. The Kier molecular flexibility index (Phi) is 7.33. The minimum absolute atomic E-state index is 0.0271. The zero-order valence-electron chi connectivity index (χ0n) is 19.5. The van der Waals surface area contributed by atoms with E-state index in [1.807, 2.05) is 41.8 Å². The summed E-state index contributed by atoms with van der Waals surface area (Å²) >= 11 is 1.41. The van der Waals surface area contributed by atoms with Crippen molar-refractivity contribution in [2.24, 2.45) is 0 Å². The van der Waals surface area contributed by atoms with Crippen molar-refractivity contribution in [3.63, 3.8) is 0 Å². The van der Waals surface area contributed by atoms with Gasteiger partial charge in [0, 0.05) is 24.6 Å². The molecule has 36 heavy (non-hydrogen) atoms. The first kappa shape index (κ1) is 24.1. The maximum Gasteiger partial charge on any atom is 0.248 e. The highest BCUT2D eigenvalue weighted by atomic mass is 32.1. The van der Waals surface area contributed by atoms with Gasteiger partial charge in [0.25, 0.3) is 0 Å². The number of nitrogens with one attached hydrogen (secondary N) is 1. The average molecular weight is 508 g/mol. The first-order valence-electron chi connectivity index (χ1n) is 11.8. The number of amides is 2. The number of fused-ring (bicyclic) bond motifs is 1. The zero-order chi connectivity index (χ0) is 24.9. The summed E-state index contributed by atoms with van der Waals surface area (Å²) in [5.74, 6) is -0.956. The first-order valence-corrected chi connectivity index (χ1v) is 12.7. The number of thiophene rings is 1. The summed E-state index contributed by atoms with van der Waals surface area (Å²) in [6.45, 7) is 1.10. The molecule has 4 aromatic rings. The summed E-state index contributed by atoms with van der Waals surface area (Å²) in [6, 6.07) is 16.2. The smallest absolute Gasteiger partial charge is 0.248 e. The molecule has 1 N–H and O–H groups in total. The highest BCUT2D eigenvalue weighted by molar-refractivity contribution is 7.10. The normalized spacial score (nSPS) is 16.2. The van der Waals surface area contributed by atoms with Gasteiger partial charge >= 0.3 is 0 Å². The molecule has 2 aromatic heterocycles. The molecule has 1 aliphatic rings. The molecule has 0 spiro atoms. The first-order chi connectivity index (χ1) is 17.6. The summed E-state index contributed by atoms with van der Waals surface area (Å²) in [7, 11) is 0. The van der Waals surface area contributed by atoms with Crippen LogP contribution < -0.4 is 5.32 Å². The predicted molar refractivity (Wildman–Crippen MR) is 134 cm³/mol. The van der Waals surface area contributed by atoms with Gasteiger partial charge in [0.15, 0.2) is 0 Å². The summed E-state index contributed by atoms with van der Waals surface area (Å²) < 4.78 is 20.8. The van der Waals surface area contributed by atoms with Crippen LogP contribution in [0.15, 0.2) is 66.0 Å². The van der Waals surface area contributed by atoms with E-state index in [-0.39, 0.29) is 36.8 Å². The fourth-order valence-electron chi connectivity index (χ4n) is 4.35. The van der Waals surface area contributed by atoms with Crippen molar-refractivity contribution in [3.05, 3.63) is 82.3 Å². The molecule has 1 fully saturated rings. The number of ether oxygens (including phenoxy) is 1. The minimum atomic E-state index is -0.862. The Labute approximate surface area is 211 Å². The molecule has 1 saturated heterocycles. The molecule has 0 radical (unpaired) electrons. The lowest BCUT2D eigenvalue weighted by Gasteiger charge is -2.31. The van der Waals surface area contributed by atoms with Crippen LogP contribution in [0.5, 0.6) is 0 Å². The van der Waals surface area contributed by atoms with Gasteiger partial charge in [-0.25, -0.2) is 9.07 Å². The van der Waals surface area contributed by atoms with Crippen molar-refractivity contribution in [3.8, 4) is 0 Å². The third-order valence-electron chi connectivity index (χ3n) is 6.19. The number of benzene rings is 2. The van der Waals surface area contributed by atoms with E-state index in [0.717, 1.165) is 23.2 Å². The van der Waals surface area contributed by atoms with Crippen LogP contribution in [0.2, 0.25) is 0 Å². The summed E-state index contributed by atoms with van der Waals surface area (Å²) in [4.78, 5) is 29.6. The molecule has 0 saturated carbocycles. The summed E-state index contributed by atoms with van der Waals surface area (Å²) in [5.41, 5.74) is 2.12. The monoisotopic (exact) mass is 507 g/mol. The number of nitrogens with zero attached hydrogens (tertiary/aromatic N) is 4. The van der Waals surface area contributed by atoms with Crippen molar-refractivity contribution in [2.75, 3.05) is 13.2 Å². The Morgan fingerprint density at radius 1 is 1.17 bits per heavy atom. The molecule has 3 heterocycles. The van der Waals surface area contributed by atoms with Crippen LogP contribution in [0, 0.1) is 5.82 Å². The number of halogens is 1. The molecular formula is C26H26FN5O3S. The topological polar surface area (TPSA) is 89.4 Å². The number of rotatable bonds is 9. The standard InChI is InChI=1S/C26H26FN5O3S/c27-19-11-9-18(10-12-19)16-31(24(33)17-32-22-7-2-1-6-21(22)29-30-32)25(23-8-4-14-36-23)26(34)28-15-20-5-3-13-35-20/h1-2,4,6-12,14,20,25H,3,5,13,15-17H2,(H,28,34). The molecule has 0 aliphatic carbocycles. The average Bonchev–Trinajstić information content (AvgIpc) is 3.67. The van der Waals surface area contributed by atoms with E-state index in [1.54, 1.807) is 12.1 Å². The second kappa shape index (κ2) is 11.0. The van der Waals surface area contributed by atoms with Crippen molar-refractivity contribution in [2.45, 2.75) is 38.1 Å². The molecule has 1 aliphatic heterocycles. The van der Waals surface area contributed by atoms with E-state index in [2.05, 4.69) is 15.6 Å². The maximum absolute atomic E-state index is 13.8. The van der Waals surface area contributed by atoms with Gasteiger partial charge < -0.3 is 15.0 Å². The van der Waals surface area contributed by atoms with Gasteiger partial charge in [-0.2, -0.15) is 0 Å². The Morgan fingerprint density at radius 3 is 2.75 bits per heavy atom. The number of hydrogen-bond donors (Lipinski definition) is 1. The Bertz CT molecular complexity index is 1320. The molecule has 2 amide bonds. The Balaban J connectivity index is 1.45. The van der Waals surface area contributed by atoms with Gasteiger partial charge in [0.05, 0.1) is 11.6 Å². The minimum Gasteiger partial charge on any atom is -0.376 e. The number of hydrogen-bond acceptors (Lipinski definition) is 6. The van der Waals surface area contributed by atoms with Crippen LogP contribution in [0.3, 0.4) is 0 Å². The number of aromatic nitrogens is 3. The van der Waals surface area contributed by atoms with Crippen LogP contribution in [0.4, 0.5) is 4.39 Å². The van der Waals surface area contributed by atoms with Crippen LogP contribution >= 0.6 is 11.3 Å². The van der Waals surface area contributed by atoms with E-state index >= 15 is 0 Å². The second-order valence-electron chi connectivity index (χ2n) is 8.68. The van der Waals surface area contributed by atoms with Gasteiger partial charge in [-0.05, 0) is 54.1 Å². The van der Waals surface area contributed by atoms with Crippen molar-refractivity contribution in [1.29, 1.82) is 0 Å². The second-order valence-corrected chi connectivity index (χ2v) is 9.66. The Morgan fingerprint density at radius 2 is 2.00 bits per heavy atom. The molecule has 2 atom stereocenters.